The zero-order valence-corrected chi connectivity index (χ0v) is 9.58. The van der Waals surface area contributed by atoms with Gasteiger partial charge in [0.25, 0.3) is 0 Å². The van der Waals surface area contributed by atoms with Crippen molar-refractivity contribution in [3.63, 3.8) is 0 Å². The first kappa shape index (κ1) is 13.5. The first-order valence-corrected chi connectivity index (χ1v) is 5.74. The van der Waals surface area contributed by atoms with Gasteiger partial charge in [0.1, 0.15) is 11.6 Å². The van der Waals surface area contributed by atoms with Gasteiger partial charge in [0.05, 0.1) is 0 Å². The zero-order valence-electron chi connectivity index (χ0n) is 8.69. The van der Waals surface area contributed by atoms with Gasteiger partial charge in [0, 0.05) is 6.42 Å². The van der Waals surface area contributed by atoms with E-state index in [-0.39, 0.29) is 12.6 Å². The van der Waals surface area contributed by atoms with Crippen molar-refractivity contribution in [2.75, 3.05) is 6.16 Å². The zero-order chi connectivity index (χ0) is 11.4. The van der Waals surface area contributed by atoms with Crippen LogP contribution in [0.2, 0.25) is 0 Å². The van der Waals surface area contributed by atoms with Crippen molar-refractivity contribution < 1.29 is 19.0 Å². The summed E-state index contributed by atoms with van der Waals surface area (Å²) >= 11 is 0. The third-order valence-corrected chi connectivity index (χ3v) is 1.98. The topological polar surface area (TPSA) is 89.6 Å². The van der Waals surface area contributed by atoms with E-state index in [1.165, 1.54) is 0 Å². The highest BCUT2D eigenvalue weighted by Crippen LogP contribution is 2.16. The molecule has 0 aliphatic carbocycles. The highest BCUT2D eigenvalue weighted by Gasteiger charge is 2.24. The van der Waals surface area contributed by atoms with Crippen LogP contribution >= 0.6 is 8.03 Å². The van der Waals surface area contributed by atoms with E-state index >= 15 is 0 Å². The molecule has 5 nitrogen and oxygen atoms in total. The summed E-state index contributed by atoms with van der Waals surface area (Å²) in [6.45, 7) is 5.22. The summed E-state index contributed by atoms with van der Waals surface area (Å²) in [5, 5.41) is 0. The van der Waals surface area contributed by atoms with Crippen LogP contribution in [0.25, 0.3) is 0 Å². The second-order valence-corrected chi connectivity index (χ2v) is 5.16. The summed E-state index contributed by atoms with van der Waals surface area (Å²) in [6, 6.07) is -0.819. The van der Waals surface area contributed by atoms with E-state index in [0.717, 1.165) is 0 Å². The van der Waals surface area contributed by atoms with Gasteiger partial charge in [-0.25, -0.2) is 0 Å². The molecule has 82 valence electrons. The minimum absolute atomic E-state index is 0.0236. The SMILES string of the molecule is CC(C)(C)OC(=O)[C@@H](N)CC[P+](=O)O. The Balaban J connectivity index is 3.94. The molecule has 1 unspecified atom stereocenters. The fraction of sp³-hybridized carbons (Fsp3) is 0.875. The summed E-state index contributed by atoms with van der Waals surface area (Å²) in [5.74, 6) is -0.533. The fourth-order valence-corrected chi connectivity index (χ4v) is 1.24. The minimum atomic E-state index is -2.23. The van der Waals surface area contributed by atoms with Gasteiger partial charge in [-0.15, -0.1) is 0 Å². The number of carbonyl (C=O) groups excluding carboxylic acids is 1. The number of esters is 1. The molecule has 2 atom stereocenters. The van der Waals surface area contributed by atoms with Crippen molar-refractivity contribution in [2.24, 2.45) is 5.73 Å². The largest absolute Gasteiger partial charge is 0.505 e. The molecule has 0 spiro atoms. The van der Waals surface area contributed by atoms with Crippen molar-refractivity contribution >= 4 is 14.0 Å². The van der Waals surface area contributed by atoms with Gasteiger partial charge in [-0.05, 0) is 25.3 Å². The molecule has 0 aromatic heterocycles. The average molecular weight is 222 g/mol. The van der Waals surface area contributed by atoms with Crippen molar-refractivity contribution in [1.29, 1.82) is 0 Å². The Hall–Kier alpha value is -0.510. The first-order valence-electron chi connectivity index (χ1n) is 4.34. The second kappa shape index (κ2) is 5.39. The molecular formula is C8H17NO4P+. The Labute approximate surface area is 84.5 Å². The molecule has 14 heavy (non-hydrogen) atoms. The maximum atomic E-state index is 11.2. The summed E-state index contributed by atoms with van der Waals surface area (Å²) in [4.78, 5) is 19.8. The highest BCUT2D eigenvalue weighted by atomic mass is 31.1. The molecule has 0 heterocycles. The maximum Gasteiger partial charge on any atom is 0.505 e. The number of nitrogens with two attached hydrogens (primary N) is 1. The fourth-order valence-electron chi connectivity index (χ4n) is 0.745. The van der Waals surface area contributed by atoms with Gasteiger partial charge in [-0.3, -0.25) is 4.79 Å². The van der Waals surface area contributed by atoms with Crippen LogP contribution < -0.4 is 5.73 Å². The summed E-state index contributed by atoms with van der Waals surface area (Å²) in [6.07, 6.45) is 0.191. The van der Waals surface area contributed by atoms with Crippen LogP contribution in [-0.2, 0) is 14.1 Å². The van der Waals surface area contributed by atoms with Crippen LogP contribution in [0.15, 0.2) is 0 Å². The van der Waals surface area contributed by atoms with Crippen LogP contribution in [0.5, 0.6) is 0 Å². The molecule has 0 fully saturated rings. The summed E-state index contributed by atoms with van der Waals surface area (Å²) in [7, 11) is -2.23. The first-order chi connectivity index (χ1) is 6.22. The number of carbonyl (C=O) groups is 1. The number of hydrogen-bond acceptors (Lipinski definition) is 4. The van der Waals surface area contributed by atoms with Crippen molar-refractivity contribution in [2.45, 2.75) is 38.8 Å². The maximum absolute atomic E-state index is 11.2. The van der Waals surface area contributed by atoms with E-state index in [9.17, 15) is 9.36 Å². The van der Waals surface area contributed by atoms with E-state index in [1.54, 1.807) is 20.8 Å². The quantitative estimate of drug-likeness (QED) is 0.542. The molecule has 0 aromatic rings. The van der Waals surface area contributed by atoms with E-state index in [1.807, 2.05) is 0 Å². The minimum Gasteiger partial charge on any atom is -0.459 e. The number of rotatable bonds is 4. The standard InChI is InChI=1S/C8H16NO4P/c1-8(2,3)13-7(10)6(9)4-5-14(11)12/h6H,4-5,9H2,1-3H3/p+1/t6-/m0/s1. The Morgan fingerprint density at radius 2 is 2.07 bits per heavy atom. The molecule has 6 heteroatoms. The Kier molecular flexibility index (Phi) is 5.19. The molecule has 0 bridgehead atoms. The predicted octanol–water partition coefficient (Wildman–Crippen LogP) is 0.780. The van der Waals surface area contributed by atoms with E-state index < -0.39 is 25.6 Å². The van der Waals surface area contributed by atoms with Crippen LogP contribution in [0.3, 0.4) is 0 Å². The second-order valence-electron chi connectivity index (χ2n) is 4.00. The van der Waals surface area contributed by atoms with E-state index in [4.69, 9.17) is 15.4 Å². The third kappa shape index (κ3) is 6.95. The molecule has 0 aliphatic rings. The molecule has 0 radical (unpaired) electrons. The lowest BCUT2D eigenvalue weighted by Crippen LogP contribution is -2.37. The lowest BCUT2D eigenvalue weighted by Gasteiger charge is -2.21. The van der Waals surface area contributed by atoms with Gasteiger partial charge in [-0.1, -0.05) is 0 Å². The molecule has 0 rings (SSSR count). The monoisotopic (exact) mass is 222 g/mol. The van der Waals surface area contributed by atoms with Crippen LogP contribution in [-0.4, -0.2) is 28.7 Å². The molecule has 0 aromatic carbocycles. The molecule has 3 N–H and O–H groups in total. The predicted molar refractivity (Wildman–Crippen MR) is 53.1 cm³/mol. The smallest absolute Gasteiger partial charge is 0.459 e. The number of ether oxygens (including phenoxy) is 1. The lowest BCUT2D eigenvalue weighted by atomic mass is 10.2. The molecule has 0 amide bonds. The van der Waals surface area contributed by atoms with Gasteiger partial charge >= 0.3 is 14.0 Å². The molecule has 0 saturated carbocycles. The van der Waals surface area contributed by atoms with Crippen molar-refractivity contribution in [3.8, 4) is 0 Å². The van der Waals surface area contributed by atoms with Gasteiger partial charge < -0.3 is 10.5 Å². The Morgan fingerprint density at radius 1 is 1.57 bits per heavy atom. The van der Waals surface area contributed by atoms with Crippen molar-refractivity contribution in [3.05, 3.63) is 0 Å². The van der Waals surface area contributed by atoms with Crippen LogP contribution in [0, 0.1) is 0 Å². The van der Waals surface area contributed by atoms with Crippen molar-refractivity contribution in [1.82, 2.24) is 0 Å². The lowest BCUT2D eigenvalue weighted by molar-refractivity contribution is -0.156. The Bertz CT molecular complexity index is 224. The Morgan fingerprint density at radius 3 is 2.43 bits per heavy atom. The highest BCUT2D eigenvalue weighted by molar-refractivity contribution is 7.37. The normalized spacial score (nSPS) is 14.8. The van der Waals surface area contributed by atoms with Crippen LogP contribution in [0.1, 0.15) is 27.2 Å². The summed E-state index contributed by atoms with van der Waals surface area (Å²) in [5.41, 5.74) is 4.89. The molecule has 0 saturated heterocycles. The molecular weight excluding hydrogens is 205 g/mol. The number of hydrogen-bond donors (Lipinski definition) is 2. The van der Waals surface area contributed by atoms with E-state index in [0.29, 0.717) is 0 Å². The van der Waals surface area contributed by atoms with Gasteiger partial charge in [0.2, 0.25) is 0 Å². The van der Waals surface area contributed by atoms with E-state index in [2.05, 4.69) is 0 Å². The molecule has 0 aliphatic heterocycles. The summed E-state index contributed by atoms with van der Waals surface area (Å²) < 4.78 is 15.3. The van der Waals surface area contributed by atoms with Crippen LogP contribution in [0.4, 0.5) is 0 Å². The third-order valence-electron chi connectivity index (χ3n) is 1.34. The van der Waals surface area contributed by atoms with Gasteiger partial charge in [-0.2, -0.15) is 4.89 Å². The average Bonchev–Trinajstić information content (AvgIpc) is 1.96. The van der Waals surface area contributed by atoms with Gasteiger partial charge in [0.15, 0.2) is 6.16 Å².